The van der Waals surface area contributed by atoms with Crippen LogP contribution >= 0.6 is 22.9 Å². The Balaban J connectivity index is 1.73. The fourth-order valence-corrected chi connectivity index (χ4v) is 3.76. The van der Waals surface area contributed by atoms with Crippen LogP contribution in [0, 0.1) is 13.8 Å². The number of anilines is 1. The molecule has 0 aliphatic carbocycles. The summed E-state index contributed by atoms with van der Waals surface area (Å²) in [6.07, 6.45) is 0. The van der Waals surface area contributed by atoms with E-state index in [1.165, 1.54) is 10.4 Å². The lowest BCUT2D eigenvalue weighted by atomic mass is 10.2. The van der Waals surface area contributed by atoms with E-state index in [1.54, 1.807) is 11.3 Å². The lowest BCUT2D eigenvalue weighted by Gasteiger charge is -2.26. The molecule has 1 aliphatic heterocycles. The van der Waals surface area contributed by atoms with Crippen molar-refractivity contribution in [1.82, 2.24) is 14.9 Å². The molecule has 1 aliphatic rings. The Bertz CT molecular complexity index is 639. The number of morpholine rings is 1. The van der Waals surface area contributed by atoms with Crippen LogP contribution in [-0.2, 0) is 4.74 Å². The van der Waals surface area contributed by atoms with Crippen molar-refractivity contribution in [3.05, 3.63) is 15.7 Å². The molecule has 0 radical (unpaired) electrons. The number of ether oxygens (including phenoxy) is 1. The molecule has 3 rings (SSSR count). The van der Waals surface area contributed by atoms with E-state index < -0.39 is 0 Å². The maximum Gasteiger partial charge on any atom is 0.225 e. The van der Waals surface area contributed by atoms with Crippen LogP contribution in [0.1, 0.15) is 10.4 Å². The lowest BCUT2D eigenvalue weighted by molar-refractivity contribution is 0.0398. The average Bonchev–Trinajstić information content (AvgIpc) is 2.75. The number of rotatable bonds is 4. The fraction of sp³-hybridized carbons (Fsp3) is 0.571. The molecule has 7 heteroatoms. The zero-order valence-corrected chi connectivity index (χ0v) is 13.9. The third kappa shape index (κ3) is 3.29. The van der Waals surface area contributed by atoms with Gasteiger partial charge in [0.2, 0.25) is 5.28 Å². The number of aromatic nitrogens is 2. The molecule has 3 heterocycles. The number of hydrogen-bond acceptors (Lipinski definition) is 6. The van der Waals surface area contributed by atoms with Gasteiger partial charge in [-0.3, -0.25) is 4.90 Å². The largest absolute Gasteiger partial charge is 0.379 e. The summed E-state index contributed by atoms with van der Waals surface area (Å²) in [6, 6.07) is 0. The van der Waals surface area contributed by atoms with Crippen LogP contribution in [0.5, 0.6) is 0 Å². The Morgan fingerprint density at radius 3 is 2.81 bits per heavy atom. The minimum absolute atomic E-state index is 0.303. The van der Waals surface area contributed by atoms with E-state index in [2.05, 4.69) is 34.0 Å². The highest BCUT2D eigenvalue weighted by Gasteiger charge is 2.14. The molecule has 0 amide bonds. The van der Waals surface area contributed by atoms with Crippen LogP contribution in [0.15, 0.2) is 0 Å². The molecule has 0 bridgehead atoms. The summed E-state index contributed by atoms with van der Waals surface area (Å²) >= 11 is 7.70. The average molecular weight is 327 g/mol. The van der Waals surface area contributed by atoms with Crippen molar-refractivity contribution in [1.29, 1.82) is 0 Å². The van der Waals surface area contributed by atoms with Crippen molar-refractivity contribution in [2.45, 2.75) is 13.8 Å². The lowest BCUT2D eigenvalue weighted by Crippen LogP contribution is -2.39. The fourth-order valence-electron chi connectivity index (χ4n) is 2.51. The quantitative estimate of drug-likeness (QED) is 0.875. The van der Waals surface area contributed by atoms with Crippen molar-refractivity contribution in [3.63, 3.8) is 0 Å². The van der Waals surface area contributed by atoms with Gasteiger partial charge in [-0.1, -0.05) is 0 Å². The number of nitrogens with one attached hydrogen (secondary N) is 1. The Kier molecular flexibility index (Phi) is 4.59. The standard InChI is InChI=1S/C14H19ClN4OS/c1-9-10(2)21-13-11(9)12(17-14(15)18-13)16-3-4-19-5-7-20-8-6-19/h3-8H2,1-2H3,(H,16,17,18). The summed E-state index contributed by atoms with van der Waals surface area (Å²) in [5.74, 6) is 0.847. The van der Waals surface area contributed by atoms with E-state index in [0.717, 1.165) is 55.4 Å². The molecule has 5 nitrogen and oxygen atoms in total. The zero-order valence-electron chi connectivity index (χ0n) is 12.3. The molecule has 2 aromatic heterocycles. The highest BCUT2D eigenvalue weighted by Crippen LogP contribution is 2.33. The van der Waals surface area contributed by atoms with Gasteiger partial charge in [0, 0.05) is 31.1 Å². The third-order valence-electron chi connectivity index (χ3n) is 3.83. The van der Waals surface area contributed by atoms with E-state index in [1.807, 2.05) is 0 Å². The summed E-state index contributed by atoms with van der Waals surface area (Å²) in [7, 11) is 0. The second-order valence-electron chi connectivity index (χ2n) is 5.19. The molecule has 0 spiro atoms. The first kappa shape index (κ1) is 15.0. The number of nitrogens with zero attached hydrogens (tertiary/aromatic N) is 3. The SMILES string of the molecule is Cc1sc2nc(Cl)nc(NCCN3CCOCC3)c2c1C. The van der Waals surface area contributed by atoms with E-state index in [-0.39, 0.29) is 0 Å². The highest BCUT2D eigenvalue weighted by molar-refractivity contribution is 7.18. The molecule has 0 aromatic carbocycles. The predicted octanol–water partition coefficient (Wildman–Crippen LogP) is 2.71. The minimum atomic E-state index is 0.303. The van der Waals surface area contributed by atoms with Crippen molar-refractivity contribution in [2.75, 3.05) is 44.7 Å². The first-order chi connectivity index (χ1) is 10.1. The van der Waals surface area contributed by atoms with Crippen molar-refractivity contribution in [3.8, 4) is 0 Å². The van der Waals surface area contributed by atoms with E-state index in [9.17, 15) is 0 Å². The van der Waals surface area contributed by atoms with Crippen LogP contribution in [0.4, 0.5) is 5.82 Å². The molecule has 1 N–H and O–H groups in total. The van der Waals surface area contributed by atoms with Crippen molar-refractivity contribution >= 4 is 39.0 Å². The van der Waals surface area contributed by atoms with Gasteiger partial charge in [0.05, 0.1) is 18.6 Å². The Morgan fingerprint density at radius 2 is 2.05 bits per heavy atom. The number of hydrogen-bond donors (Lipinski definition) is 1. The summed E-state index contributed by atoms with van der Waals surface area (Å²) in [6.45, 7) is 9.69. The number of aryl methyl sites for hydroxylation is 2. The number of thiophene rings is 1. The van der Waals surface area contributed by atoms with Crippen LogP contribution in [0.3, 0.4) is 0 Å². The topological polar surface area (TPSA) is 50.3 Å². The summed E-state index contributed by atoms with van der Waals surface area (Å²) in [5.41, 5.74) is 1.24. The van der Waals surface area contributed by atoms with Gasteiger partial charge >= 0.3 is 0 Å². The van der Waals surface area contributed by atoms with E-state index in [0.29, 0.717) is 5.28 Å². The van der Waals surface area contributed by atoms with Gasteiger partial charge in [0.25, 0.3) is 0 Å². The van der Waals surface area contributed by atoms with Crippen molar-refractivity contribution < 1.29 is 4.74 Å². The van der Waals surface area contributed by atoms with Gasteiger partial charge in [-0.05, 0) is 31.0 Å². The van der Waals surface area contributed by atoms with E-state index >= 15 is 0 Å². The molecule has 1 fully saturated rings. The molecule has 2 aromatic rings. The molecule has 1 saturated heterocycles. The molecule has 0 unspecified atom stereocenters. The smallest absolute Gasteiger partial charge is 0.225 e. The Labute approximate surface area is 133 Å². The van der Waals surface area contributed by atoms with Crippen LogP contribution in [0.25, 0.3) is 10.2 Å². The van der Waals surface area contributed by atoms with Crippen LogP contribution in [0.2, 0.25) is 5.28 Å². The van der Waals surface area contributed by atoms with Gasteiger partial charge in [-0.25, -0.2) is 9.97 Å². The normalized spacial score (nSPS) is 16.5. The van der Waals surface area contributed by atoms with Gasteiger partial charge in [-0.15, -0.1) is 11.3 Å². The minimum Gasteiger partial charge on any atom is -0.379 e. The van der Waals surface area contributed by atoms with Crippen LogP contribution in [-0.4, -0.2) is 54.3 Å². The molecule has 21 heavy (non-hydrogen) atoms. The molecule has 114 valence electrons. The van der Waals surface area contributed by atoms with Gasteiger partial charge in [-0.2, -0.15) is 0 Å². The maximum absolute atomic E-state index is 6.03. The van der Waals surface area contributed by atoms with Gasteiger partial charge in [0.1, 0.15) is 10.6 Å². The third-order valence-corrected chi connectivity index (χ3v) is 5.10. The van der Waals surface area contributed by atoms with Crippen LogP contribution < -0.4 is 5.32 Å². The monoisotopic (exact) mass is 326 g/mol. The Morgan fingerprint density at radius 1 is 1.29 bits per heavy atom. The summed E-state index contributed by atoms with van der Waals surface area (Å²) in [5, 5.41) is 4.82. The summed E-state index contributed by atoms with van der Waals surface area (Å²) < 4.78 is 5.36. The first-order valence-corrected chi connectivity index (χ1v) is 8.32. The van der Waals surface area contributed by atoms with Gasteiger partial charge < -0.3 is 10.1 Å². The predicted molar refractivity (Wildman–Crippen MR) is 87.6 cm³/mol. The Hall–Kier alpha value is -0.950. The van der Waals surface area contributed by atoms with Crippen molar-refractivity contribution in [2.24, 2.45) is 0 Å². The number of fused-ring (bicyclic) bond motifs is 1. The first-order valence-electron chi connectivity index (χ1n) is 7.12. The zero-order chi connectivity index (χ0) is 14.8. The second-order valence-corrected chi connectivity index (χ2v) is 6.73. The van der Waals surface area contributed by atoms with Gasteiger partial charge in [0.15, 0.2) is 0 Å². The molecular formula is C14H19ClN4OS. The highest BCUT2D eigenvalue weighted by atomic mass is 35.5. The maximum atomic E-state index is 6.03. The summed E-state index contributed by atoms with van der Waals surface area (Å²) in [4.78, 5) is 13.3. The molecule has 0 atom stereocenters. The van der Waals surface area contributed by atoms with E-state index in [4.69, 9.17) is 16.3 Å². The molecular weight excluding hydrogens is 308 g/mol. The number of halogens is 1. The molecule has 0 saturated carbocycles. The second kappa shape index (κ2) is 6.44.